The van der Waals surface area contributed by atoms with Crippen molar-refractivity contribution in [1.29, 1.82) is 0 Å². The van der Waals surface area contributed by atoms with Crippen LogP contribution in [0.2, 0.25) is 0 Å². The van der Waals surface area contributed by atoms with E-state index >= 15 is 0 Å². The van der Waals surface area contributed by atoms with E-state index in [9.17, 15) is 9.59 Å². The van der Waals surface area contributed by atoms with Gasteiger partial charge < -0.3 is 9.80 Å². The molecule has 1 aromatic carbocycles. The van der Waals surface area contributed by atoms with E-state index in [0.29, 0.717) is 26.1 Å². The summed E-state index contributed by atoms with van der Waals surface area (Å²) < 4.78 is 0. The third kappa shape index (κ3) is 3.92. The zero-order chi connectivity index (χ0) is 16.4. The van der Waals surface area contributed by atoms with E-state index in [1.54, 1.807) is 4.90 Å². The summed E-state index contributed by atoms with van der Waals surface area (Å²) in [5, 5.41) is 0. The fraction of sp³-hybridized carbons (Fsp3) is 0.579. The molecule has 23 heavy (non-hydrogen) atoms. The van der Waals surface area contributed by atoms with Gasteiger partial charge in [-0.25, -0.2) is 0 Å². The molecule has 0 N–H and O–H groups in total. The molecule has 1 saturated carbocycles. The highest BCUT2D eigenvalue weighted by molar-refractivity contribution is 5.88. The van der Waals surface area contributed by atoms with Crippen LogP contribution in [0.1, 0.15) is 43.7 Å². The SMILES string of the molecule is Cc1ccc(CN2CCN(C(=O)CCC3CC3)[C@H](C)C2=O)cc1. The number of nitrogens with zero attached hydrogens (tertiary/aromatic N) is 2. The lowest BCUT2D eigenvalue weighted by molar-refractivity contribution is -0.151. The van der Waals surface area contributed by atoms with Crippen molar-refractivity contribution in [2.75, 3.05) is 13.1 Å². The van der Waals surface area contributed by atoms with Gasteiger partial charge in [-0.3, -0.25) is 9.59 Å². The molecular formula is C19H26N2O2. The van der Waals surface area contributed by atoms with Crippen LogP contribution in [-0.4, -0.2) is 40.7 Å². The van der Waals surface area contributed by atoms with Gasteiger partial charge >= 0.3 is 0 Å². The summed E-state index contributed by atoms with van der Waals surface area (Å²) in [7, 11) is 0. The second-order valence-electron chi connectivity index (χ2n) is 6.99. The molecule has 124 valence electrons. The standard InChI is InChI=1S/C19H26N2O2/c1-14-3-5-17(6-4-14)13-20-11-12-21(15(2)19(20)23)18(22)10-9-16-7-8-16/h3-6,15-16H,7-13H2,1-2H3/t15-/m1/s1. The summed E-state index contributed by atoms with van der Waals surface area (Å²) in [6.45, 7) is 5.84. The van der Waals surface area contributed by atoms with Gasteiger partial charge in [0.25, 0.3) is 0 Å². The Hall–Kier alpha value is -1.84. The number of hydrogen-bond donors (Lipinski definition) is 0. The first kappa shape index (κ1) is 16.0. The van der Waals surface area contributed by atoms with Gasteiger partial charge in [0, 0.05) is 26.1 Å². The van der Waals surface area contributed by atoms with Crippen LogP contribution in [0.5, 0.6) is 0 Å². The number of carbonyl (C=O) groups is 2. The molecule has 2 amide bonds. The Balaban J connectivity index is 1.56. The van der Waals surface area contributed by atoms with Crippen molar-refractivity contribution < 1.29 is 9.59 Å². The van der Waals surface area contributed by atoms with Crippen molar-refractivity contribution in [3.05, 3.63) is 35.4 Å². The molecule has 4 heteroatoms. The van der Waals surface area contributed by atoms with Crippen molar-refractivity contribution in [1.82, 2.24) is 9.80 Å². The predicted octanol–water partition coefficient (Wildman–Crippen LogP) is 2.74. The first-order valence-corrected chi connectivity index (χ1v) is 8.68. The Labute approximate surface area is 138 Å². The van der Waals surface area contributed by atoms with Crippen LogP contribution < -0.4 is 0 Å². The average Bonchev–Trinajstić information content (AvgIpc) is 3.36. The predicted molar refractivity (Wildman–Crippen MR) is 89.7 cm³/mol. The third-order valence-electron chi connectivity index (χ3n) is 5.03. The smallest absolute Gasteiger partial charge is 0.245 e. The molecule has 0 radical (unpaired) electrons. The molecular weight excluding hydrogens is 288 g/mol. The lowest BCUT2D eigenvalue weighted by atomic mass is 10.1. The maximum absolute atomic E-state index is 12.6. The Morgan fingerprint density at radius 2 is 1.87 bits per heavy atom. The van der Waals surface area contributed by atoms with Gasteiger partial charge in [0.05, 0.1) is 0 Å². The number of piperazine rings is 1. The zero-order valence-corrected chi connectivity index (χ0v) is 14.1. The molecule has 1 aliphatic heterocycles. The first-order valence-electron chi connectivity index (χ1n) is 8.68. The minimum absolute atomic E-state index is 0.0663. The summed E-state index contributed by atoms with van der Waals surface area (Å²) >= 11 is 0. The van der Waals surface area contributed by atoms with Crippen molar-refractivity contribution in [3.8, 4) is 0 Å². The van der Waals surface area contributed by atoms with Crippen molar-refractivity contribution in [2.45, 2.75) is 52.1 Å². The normalized spacial score (nSPS) is 21.7. The van der Waals surface area contributed by atoms with E-state index < -0.39 is 0 Å². The van der Waals surface area contributed by atoms with E-state index in [4.69, 9.17) is 0 Å². The third-order valence-corrected chi connectivity index (χ3v) is 5.03. The molecule has 1 aliphatic carbocycles. The molecule has 1 atom stereocenters. The van der Waals surface area contributed by atoms with Crippen LogP contribution in [0, 0.1) is 12.8 Å². The van der Waals surface area contributed by atoms with Crippen molar-refractivity contribution in [2.24, 2.45) is 5.92 Å². The Morgan fingerprint density at radius 3 is 2.52 bits per heavy atom. The lowest BCUT2D eigenvalue weighted by Gasteiger charge is -2.39. The van der Waals surface area contributed by atoms with Crippen LogP contribution in [0.4, 0.5) is 0 Å². The molecule has 4 nitrogen and oxygen atoms in total. The van der Waals surface area contributed by atoms with Crippen LogP contribution in [0.15, 0.2) is 24.3 Å². The van der Waals surface area contributed by atoms with Crippen LogP contribution in [-0.2, 0) is 16.1 Å². The lowest BCUT2D eigenvalue weighted by Crippen LogP contribution is -2.57. The maximum Gasteiger partial charge on any atom is 0.245 e. The van der Waals surface area contributed by atoms with Crippen molar-refractivity contribution >= 4 is 11.8 Å². The minimum Gasteiger partial charge on any atom is -0.335 e. The van der Waals surface area contributed by atoms with E-state index in [-0.39, 0.29) is 17.9 Å². The molecule has 1 saturated heterocycles. The van der Waals surface area contributed by atoms with E-state index in [1.807, 2.05) is 11.8 Å². The highest BCUT2D eigenvalue weighted by Gasteiger charge is 2.34. The van der Waals surface area contributed by atoms with Gasteiger partial charge in [0.2, 0.25) is 11.8 Å². The second-order valence-corrected chi connectivity index (χ2v) is 6.99. The van der Waals surface area contributed by atoms with E-state index in [1.165, 1.54) is 18.4 Å². The topological polar surface area (TPSA) is 40.6 Å². The molecule has 1 heterocycles. The highest BCUT2D eigenvalue weighted by atomic mass is 16.2. The molecule has 0 bridgehead atoms. The molecule has 0 spiro atoms. The van der Waals surface area contributed by atoms with Crippen LogP contribution in [0.3, 0.4) is 0 Å². The highest BCUT2D eigenvalue weighted by Crippen LogP contribution is 2.33. The Bertz CT molecular complexity index is 578. The van der Waals surface area contributed by atoms with E-state index in [0.717, 1.165) is 17.9 Å². The van der Waals surface area contributed by atoms with Gasteiger partial charge in [0.1, 0.15) is 6.04 Å². The second kappa shape index (κ2) is 6.73. The van der Waals surface area contributed by atoms with Gasteiger partial charge in [0.15, 0.2) is 0 Å². The fourth-order valence-electron chi connectivity index (χ4n) is 3.22. The number of aryl methyl sites for hydroxylation is 1. The number of amides is 2. The molecule has 0 unspecified atom stereocenters. The molecule has 2 aliphatic rings. The summed E-state index contributed by atoms with van der Waals surface area (Å²) in [5.74, 6) is 0.970. The maximum atomic E-state index is 12.6. The first-order chi connectivity index (χ1) is 11.0. The zero-order valence-electron chi connectivity index (χ0n) is 14.1. The van der Waals surface area contributed by atoms with Crippen LogP contribution >= 0.6 is 0 Å². The van der Waals surface area contributed by atoms with Crippen LogP contribution in [0.25, 0.3) is 0 Å². The summed E-state index contributed by atoms with van der Waals surface area (Å²) in [6.07, 6.45) is 4.13. The van der Waals surface area contributed by atoms with Crippen molar-refractivity contribution in [3.63, 3.8) is 0 Å². The molecule has 1 aromatic rings. The number of hydrogen-bond acceptors (Lipinski definition) is 2. The monoisotopic (exact) mass is 314 g/mol. The van der Waals surface area contributed by atoms with Gasteiger partial charge in [-0.1, -0.05) is 42.7 Å². The van der Waals surface area contributed by atoms with Gasteiger partial charge in [-0.15, -0.1) is 0 Å². The Morgan fingerprint density at radius 1 is 1.17 bits per heavy atom. The molecule has 3 rings (SSSR count). The van der Waals surface area contributed by atoms with Gasteiger partial charge in [-0.05, 0) is 31.7 Å². The summed E-state index contributed by atoms with van der Waals surface area (Å²) in [6, 6.07) is 7.95. The largest absolute Gasteiger partial charge is 0.335 e. The van der Waals surface area contributed by atoms with E-state index in [2.05, 4.69) is 31.2 Å². The minimum atomic E-state index is -0.332. The molecule has 2 fully saturated rings. The Kier molecular flexibility index (Phi) is 4.69. The number of rotatable bonds is 5. The summed E-state index contributed by atoms with van der Waals surface area (Å²) in [5.41, 5.74) is 2.36. The van der Waals surface area contributed by atoms with Gasteiger partial charge in [-0.2, -0.15) is 0 Å². The fourth-order valence-corrected chi connectivity index (χ4v) is 3.22. The number of benzene rings is 1. The molecule has 0 aromatic heterocycles. The average molecular weight is 314 g/mol. The summed E-state index contributed by atoms with van der Waals surface area (Å²) in [4.78, 5) is 28.6. The quantitative estimate of drug-likeness (QED) is 0.838. The number of carbonyl (C=O) groups excluding carboxylic acids is 2.